The summed E-state index contributed by atoms with van der Waals surface area (Å²) in [4.78, 5) is 0. The summed E-state index contributed by atoms with van der Waals surface area (Å²) in [5.41, 5.74) is 0. The van der Waals surface area contributed by atoms with Gasteiger partial charge in [-0.15, -0.1) is 0 Å². The van der Waals surface area contributed by atoms with E-state index < -0.39 is 0 Å². The third-order valence-corrected chi connectivity index (χ3v) is 2.75. The maximum absolute atomic E-state index is 2.17. The molecule has 0 heterocycles. The summed E-state index contributed by atoms with van der Waals surface area (Å²) < 4.78 is 0. The van der Waals surface area contributed by atoms with Gasteiger partial charge >= 0.3 is 0 Å². The van der Waals surface area contributed by atoms with Crippen molar-refractivity contribution in [3.63, 3.8) is 0 Å². The van der Waals surface area contributed by atoms with Crippen molar-refractivity contribution in [1.29, 1.82) is 0 Å². The van der Waals surface area contributed by atoms with E-state index in [0.29, 0.717) is 0 Å². The first kappa shape index (κ1) is 57.2. The molecule has 3 radical (unpaired) electrons. The molecule has 0 aromatic rings. The third kappa shape index (κ3) is 168. The fourth-order valence-corrected chi connectivity index (χ4v) is 1.94. The maximum atomic E-state index is 2.17. The van der Waals surface area contributed by atoms with Crippen LogP contribution in [0.5, 0.6) is 0 Å². The maximum Gasteiger partial charge on any atom is 0 e. The molecular weight excluding hydrogens is 359 g/mol. The fourth-order valence-electron chi connectivity index (χ4n) is 1.94. The zero-order chi connectivity index (χ0) is 22.9. The molecule has 0 bridgehead atoms. The molecule has 1 heteroatoms. The van der Waals surface area contributed by atoms with Gasteiger partial charge < -0.3 is 0 Å². The van der Waals surface area contributed by atoms with Crippen LogP contribution in [0, 0.1) is 11.8 Å². The highest BCUT2D eigenvalue weighted by Gasteiger charge is 1.96. The van der Waals surface area contributed by atoms with Crippen LogP contribution < -0.4 is 0 Å². The van der Waals surface area contributed by atoms with E-state index in [4.69, 9.17) is 0 Å². The van der Waals surface area contributed by atoms with E-state index >= 15 is 0 Å². The Morgan fingerprint density at radius 2 is 0.367 bits per heavy atom. The van der Waals surface area contributed by atoms with E-state index in [-0.39, 0.29) is 26.1 Å². The summed E-state index contributed by atoms with van der Waals surface area (Å²) in [6.45, 7) is 29.0. The van der Waals surface area contributed by atoms with Crippen LogP contribution in [0.25, 0.3) is 0 Å². The largest absolute Gasteiger partial charge is 0.0776 e. The summed E-state index contributed by atoms with van der Waals surface area (Å²) in [6, 6.07) is 0. The predicted molar refractivity (Wildman–Crippen MR) is 161 cm³/mol. The van der Waals surface area contributed by atoms with Gasteiger partial charge in [0, 0.05) is 11.3 Å². The summed E-state index contributed by atoms with van der Waals surface area (Å²) in [6.07, 6.45) is 16.5. The fraction of sp³-hybridized carbons (Fsp3) is 1.00. The van der Waals surface area contributed by atoms with Gasteiger partial charge in [-0.1, -0.05) is 182 Å². The second kappa shape index (κ2) is 78.6. The molecule has 2 rings (SSSR count). The van der Waals surface area contributed by atoms with Crippen molar-refractivity contribution in [3.8, 4) is 0 Å². The lowest BCUT2D eigenvalue weighted by Crippen LogP contribution is -1.85. The molecule has 0 aromatic carbocycles. The minimum Gasteiger partial charge on any atom is -0.0776 e. The molecule has 0 spiro atoms. The highest BCUT2D eigenvalue weighted by atomic mass is 14.0. The lowest BCUT2D eigenvalue weighted by atomic mass is 10.0. The van der Waals surface area contributed by atoms with Crippen LogP contribution in [-0.4, -0.2) is 8.41 Å². The van der Waals surface area contributed by atoms with E-state index in [2.05, 4.69) is 41.5 Å². The second-order valence-electron chi connectivity index (χ2n) is 7.35. The molecule has 0 amide bonds. The molecular formula is C29H78B. The number of rotatable bonds is 0. The molecule has 0 atom stereocenters. The zero-order valence-corrected chi connectivity index (χ0v) is 23.5. The lowest BCUT2D eigenvalue weighted by Gasteiger charge is -2.05. The second-order valence-corrected chi connectivity index (χ2v) is 7.35. The van der Waals surface area contributed by atoms with Crippen molar-refractivity contribution in [2.24, 2.45) is 11.8 Å². The SMILES string of the molecule is C.C.C1CCCC1.C1CCCCC1.CC.CC.CC.CC.CC(C)C.CC(C)C.[2HH].[2HH].[B]. The van der Waals surface area contributed by atoms with Gasteiger partial charge in [-0.05, 0) is 11.8 Å². The molecule has 2 aliphatic rings. The molecule has 0 aliphatic heterocycles. The van der Waals surface area contributed by atoms with Crippen molar-refractivity contribution in [2.45, 2.75) is 182 Å². The van der Waals surface area contributed by atoms with Crippen LogP contribution in [0.3, 0.4) is 0 Å². The van der Waals surface area contributed by atoms with Crippen LogP contribution >= 0.6 is 0 Å². The molecule has 0 nitrogen and oxygen atoms in total. The Bertz CT molecular complexity index is 113. The Hall–Kier alpha value is 0.0649. The Balaban J connectivity index is -0.0000000178. The number of hydrogen-bond donors (Lipinski definition) is 0. The van der Waals surface area contributed by atoms with Gasteiger partial charge in [-0.2, -0.15) is 0 Å². The average molecular weight is 440 g/mol. The Morgan fingerprint density at radius 1 is 0.333 bits per heavy atom. The summed E-state index contributed by atoms with van der Waals surface area (Å²) in [7, 11) is 0. The number of hydrogen-bond acceptors (Lipinski definition) is 0. The first-order valence-electron chi connectivity index (χ1n) is 13.0. The summed E-state index contributed by atoms with van der Waals surface area (Å²) >= 11 is 0. The van der Waals surface area contributed by atoms with E-state index in [1.807, 2.05) is 55.4 Å². The standard InChI is InChI=1S/C6H12.C5H10.2C4H10.4C2H6.2CH4.B.2H2/c1-2-4-6-5-3-1;1-2-4-5-3-1;2*1-4(2)3;4*1-2;;;;;/h1-6H2;1-5H2;2*4H,1-3H3;4*1-2H3;2*1H4;;2*1H/i;;;;;;;;;;;2*1+1. The predicted octanol–water partition coefficient (Wildman–Crippen LogP) is 13.1. The van der Waals surface area contributed by atoms with E-state index in [1.165, 1.54) is 70.6 Å². The molecule has 197 valence electrons. The van der Waals surface area contributed by atoms with Gasteiger partial charge in [0.2, 0.25) is 0 Å². The van der Waals surface area contributed by atoms with E-state index in [0.717, 1.165) is 11.8 Å². The van der Waals surface area contributed by atoms with Gasteiger partial charge in [-0.25, -0.2) is 0 Å². The van der Waals surface area contributed by atoms with Gasteiger partial charge in [0.1, 0.15) is 0 Å². The zero-order valence-electron chi connectivity index (χ0n) is 23.5. The van der Waals surface area contributed by atoms with Crippen molar-refractivity contribution in [3.05, 3.63) is 0 Å². The molecule has 0 N–H and O–H groups in total. The monoisotopic (exact) mass is 440 g/mol. The van der Waals surface area contributed by atoms with Crippen molar-refractivity contribution < 1.29 is 2.85 Å². The molecule has 2 saturated carbocycles. The van der Waals surface area contributed by atoms with Gasteiger partial charge in [0.05, 0.1) is 0 Å². The van der Waals surface area contributed by atoms with E-state index in [9.17, 15) is 0 Å². The van der Waals surface area contributed by atoms with Crippen LogP contribution in [-0.2, 0) is 0 Å². The van der Waals surface area contributed by atoms with Crippen LogP contribution in [0.1, 0.15) is 185 Å². The van der Waals surface area contributed by atoms with Crippen LogP contribution in [0.4, 0.5) is 0 Å². The van der Waals surface area contributed by atoms with Crippen molar-refractivity contribution >= 4 is 8.41 Å². The van der Waals surface area contributed by atoms with E-state index in [1.54, 1.807) is 0 Å². The smallest absolute Gasteiger partial charge is 0 e. The Kier molecular flexibility index (Phi) is 150. The highest BCUT2D eigenvalue weighted by molar-refractivity contribution is 5.75. The summed E-state index contributed by atoms with van der Waals surface area (Å²) in [5.74, 6) is 1.67. The normalized spacial score (nSPS) is 12.0. The molecule has 30 heavy (non-hydrogen) atoms. The minimum atomic E-state index is 0. The Morgan fingerprint density at radius 3 is 0.400 bits per heavy atom. The van der Waals surface area contributed by atoms with Gasteiger partial charge in [-0.3, -0.25) is 0 Å². The van der Waals surface area contributed by atoms with Crippen molar-refractivity contribution in [1.82, 2.24) is 0 Å². The molecule has 0 aromatic heterocycles. The first-order chi connectivity index (χ1) is 13.0. The van der Waals surface area contributed by atoms with Gasteiger partial charge in [0.15, 0.2) is 0 Å². The Labute approximate surface area is 205 Å². The summed E-state index contributed by atoms with van der Waals surface area (Å²) in [5, 5.41) is 0. The molecule has 0 unspecified atom stereocenters. The lowest BCUT2D eigenvalue weighted by molar-refractivity contribution is 0.504. The average Bonchev–Trinajstić information content (AvgIpc) is 3.29. The van der Waals surface area contributed by atoms with Crippen molar-refractivity contribution in [2.75, 3.05) is 0 Å². The third-order valence-electron chi connectivity index (χ3n) is 2.75. The van der Waals surface area contributed by atoms with Crippen LogP contribution in [0.2, 0.25) is 0 Å². The molecule has 2 aliphatic carbocycles. The minimum absolute atomic E-state index is 0. The highest BCUT2D eigenvalue weighted by Crippen LogP contribution is 2.15. The topological polar surface area (TPSA) is 0 Å². The molecule has 2 fully saturated rings. The first-order valence-corrected chi connectivity index (χ1v) is 13.0. The van der Waals surface area contributed by atoms with Gasteiger partial charge in [0.25, 0.3) is 0 Å². The quantitative estimate of drug-likeness (QED) is 0.329. The van der Waals surface area contributed by atoms with Crippen LogP contribution in [0.15, 0.2) is 0 Å². The molecule has 0 saturated heterocycles.